The second-order valence-corrected chi connectivity index (χ2v) is 6.20. The normalized spacial score (nSPS) is 11.0. The van der Waals surface area contributed by atoms with Gasteiger partial charge in [0.1, 0.15) is 11.5 Å². The van der Waals surface area contributed by atoms with E-state index in [-0.39, 0.29) is 5.91 Å². The fraction of sp³-hybridized carbons (Fsp3) is 0.286. The molecule has 0 bridgehead atoms. The maximum Gasteiger partial charge on any atom is 0.237 e. The topological polar surface area (TPSA) is 49.8 Å². The smallest absolute Gasteiger partial charge is 0.237 e. The van der Waals surface area contributed by atoms with E-state index in [1.807, 2.05) is 71.3 Å². The maximum absolute atomic E-state index is 12.9. The minimum absolute atomic E-state index is 0.0921. The first-order chi connectivity index (χ1) is 12.7. The quantitative estimate of drug-likeness (QED) is 0.586. The van der Waals surface area contributed by atoms with Gasteiger partial charge < -0.3 is 13.7 Å². The van der Waals surface area contributed by atoms with E-state index in [9.17, 15) is 4.79 Å². The Morgan fingerprint density at radius 3 is 1.96 bits per heavy atom. The number of amides is 1. The van der Waals surface area contributed by atoms with Crippen molar-refractivity contribution in [2.75, 3.05) is 13.1 Å². The lowest BCUT2D eigenvalue weighted by molar-refractivity contribution is -0.133. The number of furan rings is 2. The third-order valence-corrected chi connectivity index (χ3v) is 4.23. The molecule has 5 heteroatoms. The number of hydrogen-bond donors (Lipinski definition) is 0. The number of benzene rings is 1. The van der Waals surface area contributed by atoms with Crippen LogP contribution in [0.5, 0.6) is 0 Å². The molecule has 1 aromatic carbocycles. The molecule has 0 spiro atoms. The van der Waals surface area contributed by atoms with Gasteiger partial charge in [0.25, 0.3) is 0 Å². The first-order valence-electron chi connectivity index (χ1n) is 8.83. The van der Waals surface area contributed by atoms with Crippen LogP contribution in [0, 0.1) is 0 Å². The van der Waals surface area contributed by atoms with Crippen molar-refractivity contribution in [1.82, 2.24) is 9.80 Å². The third-order valence-electron chi connectivity index (χ3n) is 4.23. The van der Waals surface area contributed by atoms with Crippen molar-refractivity contribution in [3.63, 3.8) is 0 Å². The number of hydrogen-bond acceptors (Lipinski definition) is 4. The van der Waals surface area contributed by atoms with Crippen molar-refractivity contribution in [3.8, 4) is 0 Å². The van der Waals surface area contributed by atoms with Crippen molar-refractivity contribution in [1.29, 1.82) is 0 Å². The molecule has 0 saturated carbocycles. The van der Waals surface area contributed by atoms with Crippen LogP contribution < -0.4 is 0 Å². The summed E-state index contributed by atoms with van der Waals surface area (Å²) in [7, 11) is 0. The molecule has 2 aromatic heterocycles. The minimum atomic E-state index is 0.0921. The summed E-state index contributed by atoms with van der Waals surface area (Å²) in [5.41, 5.74) is 1.13. The molecule has 3 aromatic rings. The van der Waals surface area contributed by atoms with Gasteiger partial charge in [-0.2, -0.15) is 0 Å². The first kappa shape index (κ1) is 18.0. The molecule has 0 N–H and O–H groups in total. The van der Waals surface area contributed by atoms with Gasteiger partial charge in [-0.1, -0.05) is 30.3 Å². The van der Waals surface area contributed by atoms with Gasteiger partial charge in [-0.05, 0) is 36.8 Å². The predicted molar refractivity (Wildman–Crippen MR) is 99.1 cm³/mol. The first-order valence-corrected chi connectivity index (χ1v) is 8.83. The van der Waals surface area contributed by atoms with Crippen LogP contribution in [0.25, 0.3) is 0 Å². The van der Waals surface area contributed by atoms with E-state index in [1.165, 1.54) is 0 Å². The van der Waals surface area contributed by atoms with Crippen LogP contribution in [0.4, 0.5) is 0 Å². The molecule has 3 rings (SSSR count). The summed E-state index contributed by atoms with van der Waals surface area (Å²) in [5.74, 6) is 1.75. The van der Waals surface area contributed by atoms with E-state index >= 15 is 0 Å². The lowest BCUT2D eigenvalue weighted by atomic mass is 10.2. The largest absolute Gasteiger partial charge is 0.468 e. The van der Waals surface area contributed by atoms with Crippen molar-refractivity contribution in [3.05, 3.63) is 84.2 Å². The summed E-state index contributed by atoms with van der Waals surface area (Å²) in [4.78, 5) is 16.8. The van der Waals surface area contributed by atoms with Crippen LogP contribution in [0.1, 0.15) is 24.0 Å². The summed E-state index contributed by atoms with van der Waals surface area (Å²) in [5, 5.41) is 0. The fourth-order valence-corrected chi connectivity index (χ4v) is 2.88. The summed E-state index contributed by atoms with van der Waals surface area (Å²) in [6.07, 6.45) is 3.30. The van der Waals surface area contributed by atoms with E-state index in [0.29, 0.717) is 32.7 Å². The van der Waals surface area contributed by atoms with Crippen LogP contribution in [-0.2, 0) is 24.4 Å². The van der Waals surface area contributed by atoms with Gasteiger partial charge >= 0.3 is 0 Å². The molecular weight excluding hydrogens is 328 g/mol. The highest BCUT2D eigenvalue weighted by Gasteiger charge is 2.19. The van der Waals surface area contributed by atoms with Crippen LogP contribution >= 0.6 is 0 Å². The summed E-state index contributed by atoms with van der Waals surface area (Å²) in [6, 6.07) is 17.6. The number of carbonyl (C=O) groups excluding carboxylic acids is 1. The van der Waals surface area contributed by atoms with Crippen LogP contribution in [-0.4, -0.2) is 28.8 Å². The van der Waals surface area contributed by atoms with Gasteiger partial charge in [-0.15, -0.1) is 0 Å². The molecule has 2 heterocycles. The Balaban J connectivity index is 1.66. The molecule has 5 nitrogen and oxygen atoms in total. The number of nitrogens with zero attached hydrogens (tertiary/aromatic N) is 2. The lowest BCUT2D eigenvalue weighted by Crippen LogP contribution is -2.39. The highest BCUT2D eigenvalue weighted by atomic mass is 16.3. The average molecular weight is 352 g/mol. The van der Waals surface area contributed by atoms with E-state index in [2.05, 4.69) is 0 Å². The summed E-state index contributed by atoms with van der Waals surface area (Å²) in [6.45, 7) is 4.71. The zero-order valence-corrected chi connectivity index (χ0v) is 15.0. The van der Waals surface area contributed by atoms with Gasteiger partial charge in [-0.3, -0.25) is 9.69 Å². The summed E-state index contributed by atoms with van der Waals surface area (Å²) >= 11 is 0. The second-order valence-electron chi connectivity index (χ2n) is 6.20. The number of likely N-dealkylation sites (N-methyl/N-ethyl adjacent to an activating group) is 1. The second kappa shape index (κ2) is 9.06. The zero-order chi connectivity index (χ0) is 18.2. The van der Waals surface area contributed by atoms with E-state index in [1.54, 1.807) is 12.5 Å². The highest BCUT2D eigenvalue weighted by Crippen LogP contribution is 2.12. The molecular formula is C21H24N2O3. The molecule has 0 fully saturated rings. The van der Waals surface area contributed by atoms with Gasteiger partial charge in [-0.25, -0.2) is 0 Å². The molecule has 26 heavy (non-hydrogen) atoms. The van der Waals surface area contributed by atoms with Crippen molar-refractivity contribution in [2.24, 2.45) is 0 Å². The molecule has 136 valence electrons. The Labute approximate surface area is 153 Å². The fourth-order valence-electron chi connectivity index (χ4n) is 2.88. The monoisotopic (exact) mass is 352 g/mol. The van der Waals surface area contributed by atoms with Gasteiger partial charge in [0.2, 0.25) is 5.91 Å². The van der Waals surface area contributed by atoms with Gasteiger partial charge in [0, 0.05) is 13.1 Å². The maximum atomic E-state index is 12.9. The molecule has 0 aliphatic heterocycles. The van der Waals surface area contributed by atoms with Crippen LogP contribution in [0.15, 0.2) is 76.0 Å². The molecule has 0 atom stereocenters. The van der Waals surface area contributed by atoms with E-state index < -0.39 is 0 Å². The Bertz CT molecular complexity index is 731. The molecule has 0 saturated heterocycles. The highest BCUT2D eigenvalue weighted by molar-refractivity contribution is 5.78. The molecule has 0 aliphatic carbocycles. The zero-order valence-electron chi connectivity index (χ0n) is 15.0. The number of carbonyl (C=O) groups is 1. The standard InChI is InChI=1S/C21H24N2O3/c1-2-23(14-18-8-4-3-5-9-18)21(24)17-22(15-19-10-6-12-25-19)16-20-11-7-13-26-20/h3-13H,2,14-17H2,1H3. The average Bonchev–Trinajstić information content (AvgIpc) is 3.34. The van der Waals surface area contributed by atoms with Gasteiger partial charge in [0.05, 0.1) is 32.2 Å². The van der Waals surface area contributed by atoms with Crippen LogP contribution in [0.3, 0.4) is 0 Å². The van der Waals surface area contributed by atoms with Crippen molar-refractivity contribution < 1.29 is 13.6 Å². The Hall–Kier alpha value is -2.79. The van der Waals surface area contributed by atoms with Crippen molar-refractivity contribution >= 4 is 5.91 Å². The van der Waals surface area contributed by atoms with Crippen molar-refractivity contribution in [2.45, 2.75) is 26.6 Å². The lowest BCUT2D eigenvalue weighted by Gasteiger charge is -2.26. The SMILES string of the molecule is CCN(Cc1ccccc1)C(=O)CN(Cc1ccco1)Cc1ccco1. The molecule has 0 unspecified atom stereocenters. The molecule has 0 radical (unpaired) electrons. The Kier molecular flexibility index (Phi) is 6.28. The molecule has 0 aliphatic rings. The third kappa shape index (κ3) is 5.10. The number of rotatable bonds is 9. The van der Waals surface area contributed by atoms with Gasteiger partial charge in [0.15, 0.2) is 0 Å². The predicted octanol–water partition coefficient (Wildman–Crippen LogP) is 3.92. The Morgan fingerprint density at radius 2 is 1.46 bits per heavy atom. The molecule has 1 amide bonds. The summed E-state index contributed by atoms with van der Waals surface area (Å²) < 4.78 is 10.9. The minimum Gasteiger partial charge on any atom is -0.468 e. The van der Waals surface area contributed by atoms with E-state index in [0.717, 1.165) is 17.1 Å². The Morgan fingerprint density at radius 1 is 0.846 bits per heavy atom. The van der Waals surface area contributed by atoms with Crippen LogP contribution in [0.2, 0.25) is 0 Å². The van der Waals surface area contributed by atoms with E-state index in [4.69, 9.17) is 8.83 Å².